The molecule has 0 aromatic heterocycles. The lowest BCUT2D eigenvalue weighted by atomic mass is 10.5. The smallest absolute Gasteiger partial charge is 0.224 e. The number of hydrogen-bond acceptors (Lipinski definition) is 1. The van der Waals surface area contributed by atoms with Crippen LogP contribution in [0.1, 0.15) is 0 Å². The first-order valence-corrected chi connectivity index (χ1v) is 1.73. The summed E-state index contributed by atoms with van der Waals surface area (Å²) in [6.45, 7) is 0. The zero-order valence-corrected chi connectivity index (χ0v) is 3.23. The maximum atomic E-state index is 2.78. The first-order valence-electron chi connectivity index (χ1n) is 1.73. The molecule has 6 heavy (non-hydrogen) atoms. The van der Waals surface area contributed by atoms with Gasteiger partial charge in [0.1, 0.15) is 11.8 Å². The van der Waals surface area contributed by atoms with E-state index in [9.17, 15) is 0 Å². The lowest BCUT2D eigenvalue weighted by Gasteiger charge is -1.73. The second-order valence-electron chi connectivity index (χ2n) is 0.933. The summed E-state index contributed by atoms with van der Waals surface area (Å²) in [7, 11) is 0. The monoisotopic (exact) mass is 78.0 g/mol. The van der Waals surface area contributed by atoms with Gasteiger partial charge in [-0.15, -0.1) is 0 Å². The predicted molar refractivity (Wildman–Crippen MR) is 23.6 cm³/mol. The molecule has 1 nitrogen and oxygen atoms in total. The molecule has 0 radical (unpaired) electrons. The van der Waals surface area contributed by atoms with Crippen LogP contribution in [0.25, 0.3) is 0 Å². The Morgan fingerprint density at radius 1 is 1.67 bits per heavy atom. The average molecular weight is 78.1 g/mol. The Balaban J connectivity index is 2.78. The molecule has 0 fully saturated rings. The second kappa shape index (κ2) is 1.42. The van der Waals surface area contributed by atoms with Gasteiger partial charge in [0.15, 0.2) is 12.4 Å². The van der Waals surface area contributed by atoms with Crippen LogP contribution < -0.4 is 5.32 Å². The van der Waals surface area contributed by atoms with Crippen molar-refractivity contribution in [3.8, 4) is 0 Å². The van der Waals surface area contributed by atoms with E-state index >= 15 is 0 Å². The summed E-state index contributed by atoms with van der Waals surface area (Å²) in [5.41, 5.74) is 2.78. The molecule has 1 N–H and O–H groups in total. The molecule has 28 valence electrons. The van der Waals surface area contributed by atoms with E-state index in [2.05, 4.69) is 17.1 Å². The van der Waals surface area contributed by atoms with Crippen molar-refractivity contribution in [1.82, 2.24) is 5.32 Å². The largest absolute Gasteiger partial charge is 0.318 e. The number of nitrogens with one attached hydrogen (secondary N) is 1. The van der Waals surface area contributed by atoms with Gasteiger partial charge >= 0.3 is 0 Å². The third-order valence-electron chi connectivity index (χ3n) is 0.500. The molecule has 0 atom stereocenters. The minimum Gasteiger partial charge on any atom is -0.318 e. The molecule has 0 aliphatic carbocycles. The van der Waals surface area contributed by atoms with Crippen LogP contribution in [0.15, 0.2) is 24.2 Å². The molecule has 0 unspecified atom stereocenters. The first-order chi connectivity index (χ1) is 3.00. The van der Waals surface area contributed by atoms with Gasteiger partial charge in [0, 0.05) is 0 Å². The third kappa shape index (κ3) is 0.467. The van der Waals surface area contributed by atoms with Crippen molar-refractivity contribution >= 4 is 0 Å². The molecule has 0 aromatic carbocycles. The molecule has 1 rings (SSSR count). The van der Waals surface area contributed by atoms with Crippen molar-refractivity contribution < 1.29 is 0 Å². The van der Waals surface area contributed by atoms with Crippen LogP contribution >= 0.6 is 0 Å². The zero-order chi connectivity index (χ0) is 4.24. The standard InChI is InChI=1S/C5H4N/c1-2-4-6-5-3-1/h1,4-6H/q+1. The van der Waals surface area contributed by atoms with Gasteiger partial charge in [-0.05, 0) is 0 Å². The molecule has 0 bridgehead atoms. The summed E-state index contributed by atoms with van der Waals surface area (Å²) < 4.78 is 0. The highest BCUT2D eigenvalue weighted by molar-refractivity contribution is 5.00. The van der Waals surface area contributed by atoms with E-state index in [-0.39, 0.29) is 0 Å². The molecular weight excluding hydrogens is 74.1 g/mol. The molecule has 0 amide bonds. The Hall–Kier alpha value is -1.03. The van der Waals surface area contributed by atoms with Crippen LogP contribution in [0, 0.1) is 6.08 Å². The van der Waals surface area contributed by atoms with Crippen LogP contribution in [0.5, 0.6) is 0 Å². The van der Waals surface area contributed by atoms with Crippen molar-refractivity contribution in [3.63, 3.8) is 0 Å². The Labute approximate surface area is 36.7 Å². The van der Waals surface area contributed by atoms with Crippen LogP contribution in [0.4, 0.5) is 0 Å². The molecule has 0 spiro atoms. The number of rotatable bonds is 0. The Morgan fingerprint density at radius 2 is 2.67 bits per heavy atom. The summed E-state index contributed by atoms with van der Waals surface area (Å²) in [5.74, 6) is 0. The van der Waals surface area contributed by atoms with Gasteiger partial charge < -0.3 is 5.32 Å². The minimum atomic E-state index is 1.72. The van der Waals surface area contributed by atoms with Gasteiger partial charge in [-0.2, -0.15) is 0 Å². The van der Waals surface area contributed by atoms with Crippen molar-refractivity contribution in [2.45, 2.75) is 0 Å². The highest BCUT2D eigenvalue weighted by Gasteiger charge is 1.80. The van der Waals surface area contributed by atoms with E-state index in [0.29, 0.717) is 0 Å². The van der Waals surface area contributed by atoms with E-state index in [4.69, 9.17) is 0 Å². The van der Waals surface area contributed by atoms with Crippen LogP contribution in [0.3, 0.4) is 0 Å². The topological polar surface area (TPSA) is 12.0 Å². The molecule has 0 saturated heterocycles. The number of allylic oxidation sites excluding steroid dienone is 2. The van der Waals surface area contributed by atoms with Crippen molar-refractivity contribution in [2.24, 2.45) is 0 Å². The summed E-state index contributed by atoms with van der Waals surface area (Å²) in [6.07, 6.45) is 7.94. The Morgan fingerprint density at radius 3 is 2.83 bits per heavy atom. The fourth-order valence-corrected chi connectivity index (χ4v) is 0.269. The quantitative estimate of drug-likeness (QED) is 0.330. The molecule has 1 heterocycles. The molecule has 0 saturated carbocycles. The minimum absolute atomic E-state index is 1.72. The maximum Gasteiger partial charge on any atom is 0.224 e. The maximum absolute atomic E-state index is 2.78. The highest BCUT2D eigenvalue weighted by Crippen LogP contribution is 1.73. The van der Waals surface area contributed by atoms with Crippen LogP contribution in [-0.4, -0.2) is 0 Å². The van der Waals surface area contributed by atoms with Crippen molar-refractivity contribution in [2.75, 3.05) is 0 Å². The van der Waals surface area contributed by atoms with Gasteiger partial charge in [0.2, 0.25) is 6.08 Å². The SMILES string of the molecule is C1=C[C+]=CNC=1. The zero-order valence-electron chi connectivity index (χ0n) is 3.23. The summed E-state index contributed by atoms with van der Waals surface area (Å²) >= 11 is 0. The molecule has 0 aromatic rings. The first kappa shape index (κ1) is 3.17. The molecular formula is C5H4N+. The van der Waals surface area contributed by atoms with Gasteiger partial charge in [-0.25, -0.2) is 0 Å². The van der Waals surface area contributed by atoms with Crippen LogP contribution in [-0.2, 0) is 0 Å². The van der Waals surface area contributed by atoms with Crippen molar-refractivity contribution in [1.29, 1.82) is 0 Å². The van der Waals surface area contributed by atoms with E-state index < -0.39 is 0 Å². The van der Waals surface area contributed by atoms with E-state index in [1.807, 2.05) is 0 Å². The summed E-state index contributed by atoms with van der Waals surface area (Å²) in [6, 6.07) is 0. The summed E-state index contributed by atoms with van der Waals surface area (Å²) in [5, 5.41) is 2.78. The van der Waals surface area contributed by atoms with E-state index in [1.54, 1.807) is 18.5 Å². The van der Waals surface area contributed by atoms with Crippen molar-refractivity contribution in [3.05, 3.63) is 30.3 Å². The third-order valence-corrected chi connectivity index (χ3v) is 0.500. The molecule has 1 aliphatic rings. The van der Waals surface area contributed by atoms with E-state index in [0.717, 1.165) is 0 Å². The second-order valence-corrected chi connectivity index (χ2v) is 0.933. The Bertz CT molecular complexity index is 116. The lowest BCUT2D eigenvalue weighted by Crippen LogP contribution is -1.90. The van der Waals surface area contributed by atoms with Gasteiger partial charge in [-0.3, -0.25) is 0 Å². The average Bonchev–Trinajstić information content (AvgIpc) is 1.72. The lowest BCUT2D eigenvalue weighted by molar-refractivity contribution is 1.18. The molecule has 1 aliphatic heterocycles. The predicted octanol–water partition coefficient (Wildman–Crippen LogP) is 0.575. The summed E-state index contributed by atoms with van der Waals surface area (Å²) in [4.78, 5) is 0. The van der Waals surface area contributed by atoms with Gasteiger partial charge in [0.05, 0.1) is 0 Å². The van der Waals surface area contributed by atoms with Crippen LogP contribution in [0.2, 0.25) is 0 Å². The van der Waals surface area contributed by atoms with Gasteiger partial charge in [-0.1, -0.05) is 0 Å². The normalized spacial score (nSPS) is 13.3. The van der Waals surface area contributed by atoms with Gasteiger partial charge in [0.25, 0.3) is 0 Å². The number of hydrogen-bond donors (Lipinski definition) is 1. The van der Waals surface area contributed by atoms with E-state index in [1.165, 1.54) is 0 Å². The Kier molecular flexibility index (Phi) is 0.749. The fraction of sp³-hybridized carbons (Fsp3) is 0. The molecule has 1 heteroatoms. The fourth-order valence-electron chi connectivity index (χ4n) is 0.269. The highest BCUT2D eigenvalue weighted by atomic mass is 14.8.